The van der Waals surface area contributed by atoms with Crippen LogP contribution in [-0.2, 0) is 34.9 Å². The maximum atomic E-state index is 13.2. The summed E-state index contributed by atoms with van der Waals surface area (Å²) in [7, 11) is 2.96. The predicted molar refractivity (Wildman–Crippen MR) is 133 cm³/mol. The molecule has 9 heteroatoms. The Morgan fingerprint density at radius 2 is 1.81 bits per heavy atom. The molecule has 0 saturated carbocycles. The van der Waals surface area contributed by atoms with Crippen molar-refractivity contribution in [2.75, 3.05) is 27.8 Å². The smallest absolute Gasteiger partial charge is 0.342 e. The number of Topliss-reactive ketones (excluding diaryl/α,β-unsaturated/α-hetero) is 1. The van der Waals surface area contributed by atoms with Crippen LogP contribution in [0.5, 0.6) is 11.5 Å². The Hall–Kier alpha value is -2.72. The van der Waals surface area contributed by atoms with Crippen LogP contribution in [-0.4, -0.2) is 63.7 Å². The summed E-state index contributed by atoms with van der Waals surface area (Å²) in [5.74, 6) is -0.891. The van der Waals surface area contributed by atoms with E-state index < -0.39 is 17.9 Å². The van der Waals surface area contributed by atoms with Crippen molar-refractivity contribution in [2.45, 2.75) is 70.6 Å². The molecule has 1 aromatic carbocycles. The molecular formula is C27H38O9. The third-order valence-electron chi connectivity index (χ3n) is 5.39. The predicted octanol–water partition coefficient (Wildman–Crippen LogP) is 4.37. The maximum absolute atomic E-state index is 13.2. The van der Waals surface area contributed by atoms with Gasteiger partial charge in [-0.15, -0.1) is 13.2 Å². The molecular weight excluding hydrogens is 468 g/mol. The van der Waals surface area contributed by atoms with Gasteiger partial charge in [0, 0.05) is 39.5 Å². The lowest BCUT2D eigenvalue weighted by Crippen LogP contribution is -2.23. The van der Waals surface area contributed by atoms with Crippen molar-refractivity contribution in [3.05, 3.63) is 48.6 Å². The van der Waals surface area contributed by atoms with Crippen molar-refractivity contribution < 1.29 is 42.7 Å². The zero-order chi connectivity index (χ0) is 26.7. The third kappa shape index (κ3) is 8.74. The molecule has 1 aromatic rings. The van der Waals surface area contributed by atoms with Crippen LogP contribution in [0.25, 0.3) is 0 Å². The first kappa shape index (κ1) is 29.5. The highest BCUT2D eigenvalue weighted by Gasteiger charge is 2.39. The highest BCUT2D eigenvalue weighted by molar-refractivity contribution is 5.96. The van der Waals surface area contributed by atoms with E-state index in [0.29, 0.717) is 24.2 Å². The van der Waals surface area contributed by atoms with Gasteiger partial charge < -0.3 is 33.2 Å². The average molecular weight is 507 g/mol. The monoisotopic (exact) mass is 506 g/mol. The molecule has 1 heterocycles. The van der Waals surface area contributed by atoms with E-state index in [1.54, 1.807) is 31.2 Å². The van der Waals surface area contributed by atoms with Crippen molar-refractivity contribution in [3.8, 4) is 11.5 Å². The Bertz CT molecular complexity index is 909. The number of carbonyl (C=O) groups excluding carboxylic acids is 2. The summed E-state index contributed by atoms with van der Waals surface area (Å²) >= 11 is 0. The molecule has 36 heavy (non-hydrogen) atoms. The molecule has 0 amide bonds. The maximum Gasteiger partial charge on any atom is 0.342 e. The number of methoxy groups -OCH3 is 2. The molecule has 0 N–H and O–H groups in total. The van der Waals surface area contributed by atoms with Gasteiger partial charge in [-0.25, -0.2) is 4.79 Å². The van der Waals surface area contributed by atoms with Crippen molar-refractivity contribution in [3.63, 3.8) is 0 Å². The zero-order valence-corrected chi connectivity index (χ0v) is 21.9. The van der Waals surface area contributed by atoms with Crippen molar-refractivity contribution in [2.24, 2.45) is 0 Å². The second-order valence-corrected chi connectivity index (χ2v) is 8.93. The Kier molecular flexibility index (Phi) is 11.6. The van der Waals surface area contributed by atoms with Gasteiger partial charge in [-0.3, -0.25) is 4.79 Å². The minimum atomic E-state index is -0.744. The van der Waals surface area contributed by atoms with Crippen LogP contribution < -0.4 is 9.47 Å². The largest absolute Gasteiger partial charge is 0.467 e. The molecule has 3 atom stereocenters. The number of hydrogen-bond donors (Lipinski definition) is 0. The van der Waals surface area contributed by atoms with Gasteiger partial charge in [0.1, 0.15) is 35.1 Å². The van der Waals surface area contributed by atoms with Crippen molar-refractivity contribution in [1.29, 1.82) is 0 Å². The Labute approximate surface area is 213 Å². The van der Waals surface area contributed by atoms with Gasteiger partial charge in [-0.1, -0.05) is 12.2 Å². The van der Waals surface area contributed by atoms with Gasteiger partial charge in [0.25, 0.3) is 0 Å². The molecule has 0 bridgehead atoms. The normalized spacial score (nSPS) is 19.4. The van der Waals surface area contributed by atoms with Gasteiger partial charge >= 0.3 is 5.97 Å². The second kappa shape index (κ2) is 14.1. The molecule has 1 fully saturated rings. The minimum absolute atomic E-state index is 0.0188. The highest BCUT2D eigenvalue weighted by Crippen LogP contribution is 2.33. The molecule has 0 aromatic heterocycles. The van der Waals surface area contributed by atoms with Crippen LogP contribution in [0.2, 0.25) is 0 Å². The highest BCUT2D eigenvalue weighted by atomic mass is 16.7. The molecule has 1 saturated heterocycles. The first-order chi connectivity index (χ1) is 17.1. The Morgan fingerprint density at radius 3 is 2.44 bits per heavy atom. The second-order valence-electron chi connectivity index (χ2n) is 8.93. The first-order valence-corrected chi connectivity index (χ1v) is 11.9. The number of hydrogen-bond acceptors (Lipinski definition) is 9. The molecule has 1 aliphatic heterocycles. The summed E-state index contributed by atoms with van der Waals surface area (Å²) in [6, 6.07) is 3.16. The lowest BCUT2D eigenvalue weighted by atomic mass is 9.97. The van der Waals surface area contributed by atoms with Crippen LogP contribution in [0.4, 0.5) is 0 Å². The SMILES string of the molecule is C=CCC(C)OC(=O)c1c(CC(=O)CC[C@@H]2OC(C)(C)O[C@@H]2C=C)cc(OCOC)cc1OCOC. The van der Waals surface area contributed by atoms with Gasteiger partial charge in [0.15, 0.2) is 19.4 Å². The summed E-state index contributed by atoms with van der Waals surface area (Å²) in [4.78, 5) is 26.2. The molecule has 0 aliphatic carbocycles. The van der Waals surface area contributed by atoms with E-state index in [1.807, 2.05) is 13.8 Å². The van der Waals surface area contributed by atoms with E-state index in [4.69, 9.17) is 33.2 Å². The van der Waals surface area contributed by atoms with Crippen molar-refractivity contribution >= 4 is 11.8 Å². The molecule has 2 rings (SSSR count). The molecule has 0 radical (unpaired) electrons. The van der Waals surface area contributed by atoms with Crippen LogP contribution in [0, 0.1) is 0 Å². The molecule has 200 valence electrons. The lowest BCUT2D eigenvalue weighted by molar-refractivity contribution is -0.144. The van der Waals surface area contributed by atoms with E-state index in [0.717, 1.165) is 0 Å². The fourth-order valence-electron chi connectivity index (χ4n) is 3.88. The quantitative estimate of drug-likeness (QED) is 0.184. The first-order valence-electron chi connectivity index (χ1n) is 11.9. The summed E-state index contributed by atoms with van der Waals surface area (Å²) in [5.41, 5.74) is 0.561. The van der Waals surface area contributed by atoms with E-state index in [1.165, 1.54) is 14.2 Å². The van der Waals surface area contributed by atoms with Gasteiger partial charge in [-0.2, -0.15) is 0 Å². The van der Waals surface area contributed by atoms with Crippen molar-refractivity contribution in [1.82, 2.24) is 0 Å². The van der Waals surface area contributed by atoms with Crippen LogP contribution in [0.3, 0.4) is 0 Å². The minimum Gasteiger partial charge on any atom is -0.467 e. The Balaban J connectivity index is 2.30. The van der Waals surface area contributed by atoms with Crippen LogP contribution in [0.1, 0.15) is 56.0 Å². The summed E-state index contributed by atoms with van der Waals surface area (Å²) in [6.07, 6.45) is 3.45. The topological polar surface area (TPSA) is 98.8 Å². The number of benzene rings is 1. The fourth-order valence-corrected chi connectivity index (χ4v) is 3.88. The van der Waals surface area contributed by atoms with Gasteiger partial charge in [0.2, 0.25) is 0 Å². The van der Waals surface area contributed by atoms with Crippen LogP contribution in [0.15, 0.2) is 37.4 Å². The van der Waals surface area contributed by atoms with E-state index in [9.17, 15) is 9.59 Å². The molecule has 9 nitrogen and oxygen atoms in total. The average Bonchev–Trinajstić information content (AvgIpc) is 3.13. The standard InChI is InChI=1S/C27H38O9/c1-8-10-18(3)34-26(29)25-19(14-21(32-16-30-6)15-24(25)33-17-31-7)13-20(28)11-12-23-22(9-2)35-27(4,5)36-23/h8-9,14-15,18,22-23H,1-2,10-13,16-17H2,3-7H3/t18?,22-,23+/m1/s1. The summed E-state index contributed by atoms with van der Waals surface area (Å²) in [6.45, 7) is 12.8. The van der Waals surface area contributed by atoms with Gasteiger partial charge in [0.05, 0.1) is 6.10 Å². The van der Waals surface area contributed by atoms with E-state index in [2.05, 4.69) is 13.2 Å². The molecule has 0 spiro atoms. The zero-order valence-electron chi connectivity index (χ0n) is 21.9. The third-order valence-corrected chi connectivity index (χ3v) is 5.39. The molecule has 1 aliphatic rings. The summed E-state index contributed by atoms with van der Waals surface area (Å²) < 4.78 is 38.5. The van der Waals surface area contributed by atoms with Crippen LogP contribution >= 0.6 is 0 Å². The number of carbonyl (C=O) groups is 2. The lowest BCUT2D eigenvalue weighted by Gasteiger charge is -2.19. The Morgan fingerprint density at radius 1 is 1.11 bits per heavy atom. The number of esters is 1. The van der Waals surface area contributed by atoms with E-state index in [-0.39, 0.29) is 55.7 Å². The number of ether oxygens (including phenoxy) is 7. The van der Waals surface area contributed by atoms with Gasteiger partial charge in [-0.05, 0) is 38.8 Å². The molecule has 1 unspecified atom stereocenters. The number of ketones is 1. The summed E-state index contributed by atoms with van der Waals surface area (Å²) in [5, 5.41) is 0. The number of rotatable bonds is 16. The van der Waals surface area contributed by atoms with E-state index >= 15 is 0 Å². The fraction of sp³-hybridized carbons (Fsp3) is 0.556.